The Bertz CT molecular complexity index is 813. The van der Waals surface area contributed by atoms with Crippen LogP contribution in [-0.4, -0.2) is 37.7 Å². The number of hydrogen-bond acceptors (Lipinski definition) is 5. The smallest absolute Gasteiger partial charge is 0.407 e. The normalized spacial score (nSPS) is 11.2. The van der Waals surface area contributed by atoms with Gasteiger partial charge in [-0.3, -0.25) is 4.79 Å². The predicted octanol–water partition coefficient (Wildman–Crippen LogP) is 2.47. The Morgan fingerprint density at radius 3 is 2.43 bits per heavy atom. The molecular weight excluding hydrogens is 384 g/mol. The molecule has 2 rings (SSSR count). The maximum atomic E-state index is 12.1. The van der Waals surface area contributed by atoms with Crippen molar-refractivity contribution in [1.82, 2.24) is 10.6 Å². The van der Waals surface area contributed by atoms with E-state index in [4.69, 9.17) is 21.1 Å². The Hall–Kier alpha value is -3.06. The molecular formula is C20H21ClN2O5. The number of halogens is 1. The second-order valence-corrected chi connectivity index (χ2v) is 6.33. The number of ether oxygens (including phenoxy) is 2. The maximum absolute atomic E-state index is 12.1. The first-order chi connectivity index (χ1) is 13.5. The SMILES string of the molecule is COC(=O)[C@@H](Cc1cccc(Cl)c1)NC(=O)CNC(=O)OCc1ccccc1. The van der Waals surface area contributed by atoms with Crippen molar-refractivity contribution >= 4 is 29.6 Å². The summed E-state index contributed by atoms with van der Waals surface area (Å²) in [4.78, 5) is 35.8. The number of benzene rings is 2. The van der Waals surface area contributed by atoms with Crippen molar-refractivity contribution in [3.05, 3.63) is 70.7 Å². The molecule has 0 aliphatic carbocycles. The zero-order valence-corrected chi connectivity index (χ0v) is 16.1. The molecule has 2 aromatic carbocycles. The number of methoxy groups -OCH3 is 1. The van der Waals surface area contributed by atoms with Crippen LogP contribution in [0.25, 0.3) is 0 Å². The molecule has 0 bridgehead atoms. The van der Waals surface area contributed by atoms with Gasteiger partial charge in [0.25, 0.3) is 0 Å². The van der Waals surface area contributed by atoms with Gasteiger partial charge in [-0.25, -0.2) is 9.59 Å². The van der Waals surface area contributed by atoms with Gasteiger partial charge in [0.05, 0.1) is 7.11 Å². The fourth-order valence-corrected chi connectivity index (χ4v) is 2.62. The number of amides is 2. The van der Waals surface area contributed by atoms with Crippen molar-refractivity contribution < 1.29 is 23.9 Å². The van der Waals surface area contributed by atoms with E-state index < -0.39 is 24.0 Å². The lowest BCUT2D eigenvalue weighted by molar-refractivity contribution is -0.144. The zero-order chi connectivity index (χ0) is 20.4. The number of nitrogens with one attached hydrogen (secondary N) is 2. The van der Waals surface area contributed by atoms with Gasteiger partial charge in [-0.15, -0.1) is 0 Å². The minimum Gasteiger partial charge on any atom is -0.467 e. The molecule has 0 fully saturated rings. The van der Waals surface area contributed by atoms with Gasteiger partial charge in [0.1, 0.15) is 19.2 Å². The van der Waals surface area contributed by atoms with E-state index in [-0.39, 0.29) is 19.6 Å². The molecule has 0 unspecified atom stereocenters. The third-order valence-corrected chi connectivity index (χ3v) is 3.99. The highest BCUT2D eigenvalue weighted by molar-refractivity contribution is 6.30. The molecule has 1 atom stereocenters. The Morgan fingerprint density at radius 2 is 1.75 bits per heavy atom. The second-order valence-electron chi connectivity index (χ2n) is 5.89. The molecule has 0 spiro atoms. The summed E-state index contributed by atoms with van der Waals surface area (Å²) in [5, 5.41) is 5.40. The van der Waals surface area contributed by atoms with E-state index in [2.05, 4.69) is 10.6 Å². The van der Waals surface area contributed by atoms with Crippen molar-refractivity contribution in [2.24, 2.45) is 0 Å². The molecule has 7 nitrogen and oxygen atoms in total. The van der Waals surface area contributed by atoms with Gasteiger partial charge in [0, 0.05) is 11.4 Å². The summed E-state index contributed by atoms with van der Waals surface area (Å²) < 4.78 is 9.75. The summed E-state index contributed by atoms with van der Waals surface area (Å²) in [6, 6.07) is 15.2. The predicted molar refractivity (Wildman–Crippen MR) is 104 cm³/mol. The number of alkyl carbamates (subject to hydrolysis) is 1. The van der Waals surface area contributed by atoms with Gasteiger partial charge < -0.3 is 20.1 Å². The summed E-state index contributed by atoms with van der Waals surface area (Å²) in [5.74, 6) is -1.14. The molecule has 8 heteroatoms. The Balaban J connectivity index is 1.82. The maximum Gasteiger partial charge on any atom is 0.407 e. The van der Waals surface area contributed by atoms with Crippen molar-refractivity contribution in [3.8, 4) is 0 Å². The Morgan fingerprint density at radius 1 is 1.04 bits per heavy atom. The third-order valence-electron chi connectivity index (χ3n) is 3.76. The van der Waals surface area contributed by atoms with Gasteiger partial charge in [-0.1, -0.05) is 54.1 Å². The van der Waals surface area contributed by atoms with Crippen LogP contribution in [0.5, 0.6) is 0 Å². The summed E-state index contributed by atoms with van der Waals surface area (Å²) >= 11 is 5.94. The molecule has 0 saturated carbocycles. The van der Waals surface area contributed by atoms with E-state index in [0.29, 0.717) is 5.02 Å². The van der Waals surface area contributed by atoms with Gasteiger partial charge in [-0.05, 0) is 23.3 Å². The Labute approximate surface area is 168 Å². The molecule has 0 heterocycles. The quantitative estimate of drug-likeness (QED) is 0.659. The van der Waals surface area contributed by atoms with E-state index in [1.54, 1.807) is 24.3 Å². The van der Waals surface area contributed by atoms with Crippen molar-refractivity contribution in [2.45, 2.75) is 19.1 Å². The lowest BCUT2D eigenvalue weighted by Crippen LogP contribution is -2.47. The van der Waals surface area contributed by atoms with Gasteiger partial charge in [0.15, 0.2) is 0 Å². The van der Waals surface area contributed by atoms with E-state index in [1.165, 1.54) is 7.11 Å². The first kappa shape index (κ1) is 21.2. The number of hydrogen-bond donors (Lipinski definition) is 2. The van der Waals surface area contributed by atoms with Crippen molar-refractivity contribution in [3.63, 3.8) is 0 Å². The fourth-order valence-electron chi connectivity index (χ4n) is 2.41. The summed E-state index contributed by atoms with van der Waals surface area (Å²) in [5.41, 5.74) is 1.59. The molecule has 0 aliphatic rings. The lowest BCUT2D eigenvalue weighted by Gasteiger charge is -2.17. The largest absolute Gasteiger partial charge is 0.467 e. The molecule has 0 aliphatic heterocycles. The number of carbonyl (C=O) groups is 3. The standard InChI is InChI=1S/C20H21ClN2O5/c1-27-19(25)17(11-15-8-5-9-16(21)10-15)23-18(24)12-22-20(26)28-13-14-6-3-2-4-7-14/h2-10,17H,11-13H2,1H3,(H,22,26)(H,23,24)/t17-/m1/s1. The van der Waals surface area contributed by atoms with Crippen LogP contribution < -0.4 is 10.6 Å². The first-order valence-corrected chi connectivity index (χ1v) is 8.92. The molecule has 0 aromatic heterocycles. The van der Waals surface area contributed by atoms with Gasteiger partial charge >= 0.3 is 12.1 Å². The van der Waals surface area contributed by atoms with Crippen LogP contribution in [0, 0.1) is 0 Å². The molecule has 0 radical (unpaired) electrons. The molecule has 2 amide bonds. The zero-order valence-electron chi connectivity index (χ0n) is 15.3. The minimum absolute atomic E-state index is 0.0911. The van der Waals surface area contributed by atoms with Crippen LogP contribution in [0.3, 0.4) is 0 Å². The van der Waals surface area contributed by atoms with E-state index in [9.17, 15) is 14.4 Å². The highest BCUT2D eigenvalue weighted by atomic mass is 35.5. The van der Waals surface area contributed by atoms with Gasteiger partial charge in [0.2, 0.25) is 5.91 Å². The van der Waals surface area contributed by atoms with Crippen LogP contribution in [0.1, 0.15) is 11.1 Å². The lowest BCUT2D eigenvalue weighted by atomic mass is 10.1. The van der Waals surface area contributed by atoms with Crippen LogP contribution in [0.4, 0.5) is 4.79 Å². The van der Waals surface area contributed by atoms with Crippen LogP contribution >= 0.6 is 11.6 Å². The third kappa shape index (κ3) is 7.28. The average Bonchev–Trinajstić information content (AvgIpc) is 2.70. The monoisotopic (exact) mass is 404 g/mol. The first-order valence-electron chi connectivity index (χ1n) is 8.54. The van der Waals surface area contributed by atoms with Gasteiger partial charge in [-0.2, -0.15) is 0 Å². The molecule has 2 N–H and O–H groups in total. The van der Waals surface area contributed by atoms with Crippen molar-refractivity contribution in [2.75, 3.05) is 13.7 Å². The summed E-state index contributed by atoms with van der Waals surface area (Å²) in [7, 11) is 1.23. The Kier molecular flexibility index (Phi) is 8.30. The molecule has 148 valence electrons. The van der Waals surface area contributed by atoms with Crippen LogP contribution in [0.15, 0.2) is 54.6 Å². The van der Waals surface area contributed by atoms with Crippen molar-refractivity contribution in [1.29, 1.82) is 0 Å². The topological polar surface area (TPSA) is 93.7 Å². The number of esters is 1. The molecule has 0 saturated heterocycles. The highest BCUT2D eigenvalue weighted by Gasteiger charge is 2.22. The van der Waals surface area contributed by atoms with Crippen LogP contribution in [-0.2, 0) is 32.1 Å². The van der Waals surface area contributed by atoms with Crippen LogP contribution in [0.2, 0.25) is 5.02 Å². The fraction of sp³-hybridized carbons (Fsp3) is 0.250. The number of carbonyl (C=O) groups excluding carboxylic acids is 3. The molecule has 2 aromatic rings. The molecule has 28 heavy (non-hydrogen) atoms. The highest BCUT2D eigenvalue weighted by Crippen LogP contribution is 2.12. The van der Waals surface area contributed by atoms with E-state index in [1.807, 2.05) is 30.3 Å². The summed E-state index contributed by atoms with van der Waals surface area (Å²) in [6.45, 7) is -0.246. The second kappa shape index (κ2) is 10.9. The number of rotatable bonds is 8. The summed E-state index contributed by atoms with van der Waals surface area (Å²) in [6.07, 6.45) is -0.527. The van der Waals surface area contributed by atoms with E-state index in [0.717, 1.165) is 11.1 Å². The van der Waals surface area contributed by atoms with E-state index >= 15 is 0 Å². The minimum atomic E-state index is -0.905. The average molecular weight is 405 g/mol.